The Hall–Kier alpha value is -3.28. The van der Waals surface area contributed by atoms with Gasteiger partial charge in [-0.2, -0.15) is 23.5 Å². The van der Waals surface area contributed by atoms with Gasteiger partial charge in [0.15, 0.2) is 5.69 Å². The van der Waals surface area contributed by atoms with Gasteiger partial charge in [-0.15, -0.1) is 0 Å². The zero-order valence-corrected chi connectivity index (χ0v) is 15.5. The molecule has 0 radical (unpaired) electrons. The van der Waals surface area contributed by atoms with Crippen LogP contribution in [-0.2, 0) is 17.5 Å². The smallest absolute Gasteiger partial charge is 0.436 e. The molecule has 0 unspecified atom stereocenters. The van der Waals surface area contributed by atoms with Crippen molar-refractivity contribution in [1.29, 1.82) is 5.26 Å². The number of nitriles is 1. The number of aromatic nitrogens is 3. The molecule has 0 spiro atoms. The molecule has 29 heavy (non-hydrogen) atoms. The van der Waals surface area contributed by atoms with Gasteiger partial charge in [0.1, 0.15) is 11.6 Å². The third-order valence-corrected chi connectivity index (χ3v) is 4.88. The number of hydrogen-bond donors (Lipinski definition) is 0. The van der Waals surface area contributed by atoms with E-state index in [4.69, 9.17) is 4.74 Å². The van der Waals surface area contributed by atoms with Crippen molar-refractivity contribution in [2.45, 2.75) is 32.5 Å². The number of esters is 1. The van der Waals surface area contributed by atoms with Crippen molar-refractivity contribution in [1.82, 2.24) is 14.3 Å². The topological polar surface area (TPSA) is 72.8 Å². The molecule has 1 aromatic carbocycles. The molecule has 1 saturated carbocycles. The lowest BCUT2D eigenvalue weighted by Gasteiger charge is -2.06. The number of carbonyl (C=O) groups is 1. The molecule has 6 nitrogen and oxygen atoms in total. The van der Waals surface area contributed by atoms with Crippen LogP contribution in [0.1, 0.15) is 41.4 Å². The van der Waals surface area contributed by atoms with Crippen molar-refractivity contribution >= 4 is 16.9 Å². The number of nitrogens with zero attached hydrogens (tertiary/aromatic N) is 4. The van der Waals surface area contributed by atoms with Crippen LogP contribution in [0.4, 0.5) is 13.2 Å². The number of fused-ring (bicyclic) bond motifs is 1. The first-order chi connectivity index (χ1) is 13.8. The maximum atomic E-state index is 13.4. The minimum atomic E-state index is -4.80. The van der Waals surface area contributed by atoms with Gasteiger partial charge in [-0.05, 0) is 43.9 Å². The predicted octanol–water partition coefficient (Wildman–Crippen LogP) is 4.30. The van der Waals surface area contributed by atoms with Crippen LogP contribution in [0.2, 0.25) is 0 Å². The summed E-state index contributed by atoms with van der Waals surface area (Å²) in [6.07, 6.45) is 0.284. The van der Waals surface area contributed by atoms with Crippen LogP contribution < -0.4 is 0 Å². The SMILES string of the molecule is CCOC(=O)c1cn(-c2ccc3c(c2)c(C#N)cn3CC2CC2)nc1C(F)(F)F. The zero-order valence-electron chi connectivity index (χ0n) is 15.5. The van der Waals surface area contributed by atoms with E-state index >= 15 is 0 Å². The van der Waals surface area contributed by atoms with E-state index in [1.807, 2.05) is 4.57 Å². The monoisotopic (exact) mass is 402 g/mol. The summed E-state index contributed by atoms with van der Waals surface area (Å²) in [6.45, 7) is 2.27. The number of benzene rings is 1. The van der Waals surface area contributed by atoms with E-state index in [2.05, 4.69) is 11.2 Å². The summed E-state index contributed by atoms with van der Waals surface area (Å²) in [5, 5.41) is 13.7. The summed E-state index contributed by atoms with van der Waals surface area (Å²) in [4.78, 5) is 12.0. The predicted molar refractivity (Wildman–Crippen MR) is 97.5 cm³/mol. The highest BCUT2D eigenvalue weighted by molar-refractivity contribution is 5.91. The molecule has 0 saturated heterocycles. The van der Waals surface area contributed by atoms with Crippen molar-refractivity contribution in [3.63, 3.8) is 0 Å². The Bertz CT molecular complexity index is 1130. The van der Waals surface area contributed by atoms with E-state index in [-0.39, 0.29) is 6.61 Å². The first kappa shape index (κ1) is 19.1. The summed E-state index contributed by atoms with van der Waals surface area (Å²) in [5.41, 5.74) is -0.351. The van der Waals surface area contributed by atoms with E-state index in [1.54, 1.807) is 24.4 Å². The van der Waals surface area contributed by atoms with Gasteiger partial charge in [0.25, 0.3) is 0 Å². The normalized spacial score (nSPS) is 14.2. The first-order valence-electron chi connectivity index (χ1n) is 9.19. The molecule has 0 N–H and O–H groups in total. The first-order valence-corrected chi connectivity index (χ1v) is 9.19. The third-order valence-electron chi connectivity index (χ3n) is 4.88. The Balaban J connectivity index is 1.80. The average molecular weight is 402 g/mol. The highest BCUT2D eigenvalue weighted by Gasteiger charge is 2.40. The van der Waals surface area contributed by atoms with Crippen LogP contribution in [-0.4, -0.2) is 26.9 Å². The largest absolute Gasteiger partial charge is 0.462 e. The number of hydrogen-bond acceptors (Lipinski definition) is 4. The highest BCUT2D eigenvalue weighted by atomic mass is 19.4. The van der Waals surface area contributed by atoms with Crippen molar-refractivity contribution in [2.75, 3.05) is 6.61 Å². The molecule has 9 heteroatoms. The lowest BCUT2D eigenvalue weighted by Crippen LogP contribution is -2.14. The maximum absolute atomic E-state index is 13.4. The number of halogens is 3. The molecule has 1 aliphatic rings. The lowest BCUT2D eigenvalue weighted by atomic mass is 10.1. The van der Waals surface area contributed by atoms with Crippen molar-refractivity contribution < 1.29 is 22.7 Å². The molecule has 150 valence electrons. The molecule has 2 aromatic heterocycles. The quantitative estimate of drug-likeness (QED) is 0.597. The van der Waals surface area contributed by atoms with Crippen LogP contribution >= 0.6 is 0 Å². The van der Waals surface area contributed by atoms with E-state index in [0.717, 1.165) is 35.8 Å². The van der Waals surface area contributed by atoms with Gasteiger partial charge in [0.05, 0.1) is 17.9 Å². The van der Waals surface area contributed by atoms with Gasteiger partial charge in [-0.3, -0.25) is 0 Å². The molecule has 1 aliphatic carbocycles. The number of alkyl halides is 3. The summed E-state index contributed by atoms with van der Waals surface area (Å²) < 4.78 is 47.8. The van der Waals surface area contributed by atoms with E-state index in [1.165, 1.54) is 6.92 Å². The lowest BCUT2D eigenvalue weighted by molar-refractivity contribution is -0.141. The summed E-state index contributed by atoms with van der Waals surface area (Å²) in [5.74, 6) is -0.482. The van der Waals surface area contributed by atoms with Gasteiger partial charge < -0.3 is 9.30 Å². The van der Waals surface area contributed by atoms with Gasteiger partial charge in [0, 0.05) is 29.8 Å². The van der Waals surface area contributed by atoms with Crippen LogP contribution in [0.5, 0.6) is 0 Å². The zero-order chi connectivity index (χ0) is 20.8. The number of carbonyl (C=O) groups excluding carboxylic acids is 1. The second-order valence-corrected chi connectivity index (χ2v) is 7.01. The molecule has 0 atom stereocenters. The maximum Gasteiger partial charge on any atom is 0.436 e. The van der Waals surface area contributed by atoms with Gasteiger partial charge in [-0.1, -0.05) is 0 Å². The van der Waals surface area contributed by atoms with Crippen LogP contribution in [0.3, 0.4) is 0 Å². The molecule has 4 rings (SSSR count). The van der Waals surface area contributed by atoms with Gasteiger partial charge in [0.2, 0.25) is 0 Å². The van der Waals surface area contributed by atoms with Crippen LogP contribution in [0.15, 0.2) is 30.6 Å². The average Bonchev–Trinajstić information content (AvgIpc) is 3.25. The second kappa shape index (κ2) is 6.95. The fourth-order valence-corrected chi connectivity index (χ4v) is 3.32. The molecule has 0 bridgehead atoms. The van der Waals surface area contributed by atoms with Gasteiger partial charge >= 0.3 is 12.1 Å². The fourth-order valence-electron chi connectivity index (χ4n) is 3.32. The Labute approximate surface area is 164 Å². The van der Waals surface area contributed by atoms with E-state index in [0.29, 0.717) is 22.6 Å². The minimum absolute atomic E-state index is 0.0483. The van der Waals surface area contributed by atoms with E-state index in [9.17, 15) is 23.2 Å². The standard InChI is InChI=1S/C20H17F3N4O2/c1-2-29-19(28)16-11-27(25-18(16)20(21,22)23)14-5-6-17-15(7-14)13(8-24)10-26(17)9-12-3-4-12/h5-7,10-12H,2-4,9H2,1H3. The minimum Gasteiger partial charge on any atom is -0.462 e. The van der Waals surface area contributed by atoms with E-state index < -0.39 is 23.4 Å². The Morgan fingerprint density at radius 2 is 2.10 bits per heavy atom. The Kier molecular flexibility index (Phi) is 4.57. The summed E-state index contributed by atoms with van der Waals surface area (Å²) in [6, 6.07) is 7.12. The summed E-state index contributed by atoms with van der Waals surface area (Å²) in [7, 11) is 0. The van der Waals surface area contributed by atoms with Crippen LogP contribution in [0, 0.1) is 17.2 Å². The molecule has 0 aliphatic heterocycles. The van der Waals surface area contributed by atoms with Crippen molar-refractivity contribution in [2.24, 2.45) is 5.92 Å². The fraction of sp³-hybridized carbons (Fsp3) is 0.350. The van der Waals surface area contributed by atoms with Crippen LogP contribution in [0.25, 0.3) is 16.6 Å². The molecule has 3 aromatic rings. The van der Waals surface area contributed by atoms with Crippen molar-refractivity contribution in [3.8, 4) is 11.8 Å². The second-order valence-electron chi connectivity index (χ2n) is 7.01. The molecular weight excluding hydrogens is 385 g/mol. The molecule has 2 heterocycles. The Morgan fingerprint density at radius 1 is 1.34 bits per heavy atom. The Morgan fingerprint density at radius 3 is 2.72 bits per heavy atom. The highest BCUT2D eigenvalue weighted by Crippen LogP contribution is 2.34. The molecule has 1 fully saturated rings. The van der Waals surface area contributed by atoms with Gasteiger partial charge in [-0.25, -0.2) is 9.48 Å². The number of ether oxygens (including phenoxy) is 1. The van der Waals surface area contributed by atoms with Crippen molar-refractivity contribution in [3.05, 3.63) is 47.4 Å². The third kappa shape index (κ3) is 3.58. The molecular formula is C20H17F3N4O2. The molecule has 0 amide bonds. The number of rotatable bonds is 5. The summed E-state index contributed by atoms with van der Waals surface area (Å²) >= 11 is 0.